The molecule has 98 valence electrons. The summed E-state index contributed by atoms with van der Waals surface area (Å²) in [6.45, 7) is 7.67. The molecule has 1 N–H and O–H groups in total. The second kappa shape index (κ2) is 6.86. The van der Waals surface area contributed by atoms with Gasteiger partial charge in [0.2, 0.25) is 0 Å². The predicted octanol–water partition coefficient (Wildman–Crippen LogP) is 4.61. The first-order valence-corrected chi connectivity index (χ1v) is 8.12. The molecule has 2 nitrogen and oxygen atoms in total. The van der Waals surface area contributed by atoms with Gasteiger partial charge in [0.15, 0.2) is 4.67 Å². The van der Waals surface area contributed by atoms with Crippen molar-refractivity contribution in [3.8, 4) is 0 Å². The minimum atomic E-state index is 0.255. The Labute approximate surface area is 117 Å². The SMILES string of the molecule is CCC(CC)(CNC(C)c1ccc(Br)o1)SC. The highest BCUT2D eigenvalue weighted by molar-refractivity contribution is 9.10. The number of nitrogens with one attached hydrogen (secondary N) is 1. The fraction of sp³-hybridized carbons (Fsp3) is 0.692. The number of hydrogen-bond donors (Lipinski definition) is 1. The lowest BCUT2D eigenvalue weighted by Crippen LogP contribution is -2.37. The zero-order valence-electron chi connectivity index (χ0n) is 11.0. The van der Waals surface area contributed by atoms with Crippen molar-refractivity contribution in [2.24, 2.45) is 0 Å². The van der Waals surface area contributed by atoms with Gasteiger partial charge in [0, 0.05) is 11.3 Å². The van der Waals surface area contributed by atoms with E-state index in [0.29, 0.717) is 4.75 Å². The first kappa shape index (κ1) is 15.1. The van der Waals surface area contributed by atoms with Gasteiger partial charge in [-0.1, -0.05) is 13.8 Å². The molecule has 0 aliphatic carbocycles. The average molecular weight is 320 g/mol. The molecule has 1 heterocycles. The quantitative estimate of drug-likeness (QED) is 0.794. The molecular weight excluding hydrogens is 298 g/mol. The van der Waals surface area contributed by atoms with Crippen LogP contribution in [-0.4, -0.2) is 17.5 Å². The van der Waals surface area contributed by atoms with Gasteiger partial charge < -0.3 is 9.73 Å². The van der Waals surface area contributed by atoms with Gasteiger partial charge in [0.1, 0.15) is 5.76 Å². The summed E-state index contributed by atoms with van der Waals surface area (Å²) in [6.07, 6.45) is 4.57. The van der Waals surface area contributed by atoms with Crippen LogP contribution in [0.5, 0.6) is 0 Å². The van der Waals surface area contributed by atoms with Crippen LogP contribution in [-0.2, 0) is 0 Å². The van der Waals surface area contributed by atoms with Crippen LogP contribution >= 0.6 is 27.7 Å². The molecule has 1 rings (SSSR count). The summed E-state index contributed by atoms with van der Waals surface area (Å²) < 4.78 is 6.70. The number of hydrogen-bond acceptors (Lipinski definition) is 3. The molecule has 0 bridgehead atoms. The molecule has 0 spiro atoms. The normalized spacial score (nSPS) is 13.9. The van der Waals surface area contributed by atoms with Crippen LogP contribution in [0.4, 0.5) is 0 Å². The van der Waals surface area contributed by atoms with E-state index in [2.05, 4.69) is 48.3 Å². The highest BCUT2D eigenvalue weighted by atomic mass is 79.9. The Morgan fingerprint density at radius 2 is 2.06 bits per heavy atom. The van der Waals surface area contributed by atoms with Crippen molar-refractivity contribution in [2.45, 2.75) is 44.4 Å². The first-order valence-electron chi connectivity index (χ1n) is 6.10. The summed E-state index contributed by atoms with van der Waals surface area (Å²) in [5, 5.41) is 3.57. The molecule has 0 saturated heterocycles. The smallest absolute Gasteiger partial charge is 0.169 e. The van der Waals surface area contributed by atoms with Crippen LogP contribution in [0, 0.1) is 0 Å². The third kappa shape index (κ3) is 4.04. The van der Waals surface area contributed by atoms with E-state index in [1.807, 2.05) is 23.9 Å². The molecule has 0 aromatic carbocycles. The molecule has 0 aliphatic heterocycles. The maximum Gasteiger partial charge on any atom is 0.169 e. The molecule has 1 atom stereocenters. The van der Waals surface area contributed by atoms with Crippen LogP contribution in [0.1, 0.15) is 45.4 Å². The van der Waals surface area contributed by atoms with E-state index in [-0.39, 0.29) is 6.04 Å². The van der Waals surface area contributed by atoms with Gasteiger partial charge in [0.25, 0.3) is 0 Å². The highest BCUT2D eigenvalue weighted by Gasteiger charge is 2.25. The van der Waals surface area contributed by atoms with Crippen molar-refractivity contribution in [1.82, 2.24) is 5.32 Å². The third-order valence-corrected chi connectivity index (χ3v) is 5.49. The lowest BCUT2D eigenvalue weighted by molar-refractivity contribution is 0.393. The summed E-state index contributed by atoms with van der Waals surface area (Å²) in [6, 6.07) is 4.21. The van der Waals surface area contributed by atoms with Crippen LogP contribution < -0.4 is 5.32 Å². The molecule has 1 unspecified atom stereocenters. The Bertz CT molecular complexity index is 328. The van der Waals surface area contributed by atoms with E-state index in [0.717, 1.165) is 17.0 Å². The van der Waals surface area contributed by atoms with Crippen LogP contribution in [0.15, 0.2) is 21.2 Å². The molecule has 0 radical (unpaired) electrons. The Morgan fingerprint density at radius 1 is 1.41 bits per heavy atom. The van der Waals surface area contributed by atoms with Crippen molar-refractivity contribution >= 4 is 27.7 Å². The minimum Gasteiger partial charge on any atom is -0.453 e. The molecule has 17 heavy (non-hydrogen) atoms. The maximum atomic E-state index is 5.56. The van der Waals surface area contributed by atoms with Gasteiger partial charge in [-0.25, -0.2) is 0 Å². The summed E-state index contributed by atoms with van der Waals surface area (Å²) in [5.41, 5.74) is 0. The van der Waals surface area contributed by atoms with Crippen molar-refractivity contribution in [3.63, 3.8) is 0 Å². The number of rotatable bonds is 7. The molecular formula is C13H22BrNOS. The Hall–Kier alpha value is 0.0700. The molecule has 1 aromatic heterocycles. The highest BCUT2D eigenvalue weighted by Crippen LogP contribution is 2.30. The van der Waals surface area contributed by atoms with Crippen molar-refractivity contribution < 1.29 is 4.42 Å². The Balaban J connectivity index is 2.55. The lowest BCUT2D eigenvalue weighted by Gasteiger charge is -2.31. The number of thioether (sulfide) groups is 1. The van der Waals surface area contributed by atoms with Gasteiger partial charge in [-0.2, -0.15) is 11.8 Å². The molecule has 0 amide bonds. The Morgan fingerprint density at radius 3 is 2.47 bits per heavy atom. The Kier molecular flexibility index (Phi) is 6.10. The standard InChI is InChI=1S/C13H22BrNOS/c1-5-13(6-2,17-4)9-15-10(3)11-7-8-12(14)16-11/h7-8,10,15H,5-6,9H2,1-4H3. The van der Waals surface area contributed by atoms with E-state index >= 15 is 0 Å². The van der Waals surface area contributed by atoms with Gasteiger partial charge in [-0.05, 0) is 54.1 Å². The summed E-state index contributed by atoms with van der Waals surface area (Å²) >= 11 is 5.29. The largest absolute Gasteiger partial charge is 0.453 e. The zero-order valence-corrected chi connectivity index (χ0v) is 13.5. The molecule has 4 heteroatoms. The van der Waals surface area contributed by atoms with E-state index in [9.17, 15) is 0 Å². The van der Waals surface area contributed by atoms with Gasteiger partial charge in [-0.15, -0.1) is 0 Å². The van der Waals surface area contributed by atoms with Crippen molar-refractivity contribution in [1.29, 1.82) is 0 Å². The second-order valence-corrected chi connectivity index (χ2v) is 6.39. The zero-order chi connectivity index (χ0) is 12.9. The van der Waals surface area contributed by atoms with Crippen LogP contribution in [0.25, 0.3) is 0 Å². The molecule has 0 saturated carbocycles. The van der Waals surface area contributed by atoms with E-state index in [1.165, 1.54) is 12.8 Å². The second-order valence-electron chi connectivity index (χ2n) is 4.34. The fourth-order valence-electron chi connectivity index (χ4n) is 1.86. The molecule has 0 fully saturated rings. The first-order chi connectivity index (χ1) is 8.06. The van der Waals surface area contributed by atoms with Crippen molar-refractivity contribution in [2.75, 3.05) is 12.8 Å². The fourth-order valence-corrected chi connectivity index (χ4v) is 2.99. The van der Waals surface area contributed by atoms with E-state index < -0.39 is 0 Å². The monoisotopic (exact) mass is 319 g/mol. The molecule has 0 aliphatic rings. The van der Waals surface area contributed by atoms with Crippen LogP contribution in [0.3, 0.4) is 0 Å². The lowest BCUT2D eigenvalue weighted by atomic mass is 10.0. The number of furan rings is 1. The number of halogens is 1. The van der Waals surface area contributed by atoms with Crippen molar-refractivity contribution in [3.05, 3.63) is 22.6 Å². The summed E-state index contributed by atoms with van der Waals surface area (Å²) in [4.78, 5) is 0. The topological polar surface area (TPSA) is 25.2 Å². The van der Waals surface area contributed by atoms with E-state index in [4.69, 9.17) is 4.42 Å². The van der Waals surface area contributed by atoms with E-state index in [1.54, 1.807) is 0 Å². The summed E-state index contributed by atoms with van der Waals surface area (Å²) in [5.74, 6) is 0.985. The minimum absolute atomic E-state index is 0.255. The van der Waals surface area contributed by atoms with Gasteiger partial charge in [-0.3, -0.25) is 0 Å². The van der Waals surface area contributed by atoms with Gasteiger partial charge in [0.05, 0.1) is 6.04 Å². The predicted molar refractivity (Wildman–Crippen MR) is 79.7 cm³/mol. The summed E-state index contributed by atoms with van der Waals surface area (Å²) in [7, 11) is 0. The molecule has 1 aromatic rings. The maximum absolute atomic E-state index is 5.56. The third-order valence-electron chi connectivity index (χ3n) is 3.47. The van der Waals surface area contributed by atoms with Gasteiger partial charge >= 0.3 is 0 Å². The average Bonchev–Trinajstić information content (AvgIpc) is 2.78. The van der Waals surface area contributed by atoms with Crippen LogP contribution in [0.2, 0.25) is 0 Å².